The molecule has 41 heavy (non-hydrogen) atoms. The van der Waals surface area contributed by atoms with Crippen LogP contribution in [0, 0.1) is 11.8 Å². The standard InChI is InChI=1S/C32H39ClF2N4O2/c1-5-32(34,35)27-14-8-13-26(37-27)29(40)38-17-18-39(31(3,4)21-38)30(41)28-22(2)9-6-10-23(15-16-36-28)19-24-11-7-12-25(33)20-24/h6-8,10-14,20,22-23H,5,9,15-19,21H2,1-4H3. The predicted molar refractivity (Wildman–Crippen MR) is 159 cm³/mol. The monoisotopic (exact) mass is 584 g/mol. The maximum atomic E-state index is 14.2. The summed E-state index contributed by atoms with van der Waals surface area (Å²) in [6.45, 7) is 8.65. The van der Waals surface area contributed by atoms with Gasteiger partial charge in [0.05, 0.1) is 5.54 Å². The average molecular weight is 585 g/mol. The van der Waals surface area contributed by atoms with Gasteiger partial charge in [0.2, 0.25) is 0 Å². The first-order chi connectivity index (χ1) is 19.4. The van der Waals surface area contributed by atoms with E-state index in [1.807, 2.05) is 39.0 Å². The molecule has 2 aromatic rings. The van der Waals surface area contributed by atoms with Crippen molar-refractivity contribution in [2.24, 2.45) is 16.8 Å². The third kappa shape index (κ3) is 7.39. The second kappa shape index (κ2) is 12.8. The van der Waals surface area contributed by atoms with Gasteiger partial charge in [-0.2, -0.15) is 8.78 Å². The summed E-state index contributed by atoms with van der Waals surface area (Å²) in [7, 11) is 0. The Kier molecular flexibility index (Phi) is 9.62. The summed E-state index contributed by atoms with van der Waals surface area (Å²) < 4.78 is 28.4. The van der Waals surface area contributed by atoms with Gasteiger partial charge in [-0.15, -0.1) is 0 Å². The van der Waals surface area contributed by atoms with Crippen LogP contribution in [0.4, 0.5) is 8.78 Å². The molecule has 2 atom stereocenters. The normalized spacial score (nSPS) is 21.5. The molecule has 2 amide bonds. The molecular formula is C32H39ClF2N4O2. The number of rotatable bonds is 6. The van der Waals surface area contributed by atoms with Crippen LogP contribution in [0.1, 0.15) is 68.7 Å². The van der Waals surface area contributed by atoms with E-state index in [0.29, 0.717) is 31.1 Å². The number of hydrogen-bond acceptors (Lipinski definition) is 4. The number of amides is 2. The Balaban J connectivity index is 1.44. The average Bonchev–Trinajstić information content (AvgIpc) is 3.02. The molecule has 0 spiro atoms. The number of aliphatic imine (C=N–C) groups is 1. The van der Waals surface area contributed by atoms with Crippen molar-refractivity contribution in [1.82, 2.24) is 14.8 Å². The maximum absolute atomic E-state index is 14.2. The minimum absolute atomic E-state index is 0.0143. The topological polar surface area (TPSA) is 65.9 Å². The minimum Gasteiger partial charge on any atom is -0.333 e. The van der Waals surface area contributed by atoms with Crippen molar-refractivity contribution in [3.8, 4) is 0 Å². The van der Waals surface area contributed by atoms with E-state index < -0.39 is 29.5 Å². The van der Waals surface area contributed by atoms with Crippen molar-refractivity contribution >= 4 is 29.1 Å². The van der Waals surface area contributed by atoms with Crippen LogP contribution in [-0.4, -0.2) is 64.0 Å². The van der Waals surface area contributed by atoms with Crippen molar-refractivity contribution < 1.29 is 18.4 Å². The van der Waals surface area contributed by atoms with Crippen LogP contribution in [0.2, 0.25) is 5.02 Å². The van der Waals surface area contributed by atoms with Crippen molar-refractivity contribution in [2.75, 3.05) is 26.2 Å². The molecule has 3 heterocycles. The molecule has 1 saturated heterocycles. The highest BCUT2D eigenvalue weighted by atomic mass is 35.5. The van der Waals surface area contributed by atoms with Crippen molar-refractivity contribution in [3.63, 3.8) is 0 Å². The lowest BCUT2D eigenvalue weighted by atomic mass is 9.93. The van der Waals surface area contributed by atoms with Gasteiger partial charge >= 0.3 is 0 Å². The van der Waals surface area contributed by atoms with E-state index in [0.717, 1.165) is 17.9 Å². The fraction of sp³-hybridized carbons (Fsp3) is 0.500. The number of pyridine rings is 1. The van der Waals surface area contributed by atoms with Crippen LogP contribution < -0.4 is 0 Å². The Morgan fingerprint density at radius 2 is 1.88 bits per heavy atom. The second-order valence-corrected chi connectivity index (χ2v) is 12.1. The summed E-state index contributed by atoms with van der Waals surface area (Å²) >= 11 is 6.17. The van der Waals surface area contributed by atoms with E-state index in [1.165, 1.54) is 30.7 Å². The highest BCUT2D eigenvalue weighted by molar-refractivity contribution is 6.39. The SMILES string of the molecule is CCC(F)(F)c1cccc(C(=O)N2CCN(C(=O)C3=NCCC(Cc4cccc(Cl)c4)C=CCC3C)C(C)(C)C2)n1. The third-order valence-corrected chi connectivity index (χ3v) is 8.21. The van der Waals surface area contributed by atoms with E-state index in [9.17, 15) is 18.4 Å². The smallest absolute Gasteiger partial charge is 0.289 e. The molecule has 0 radical (unpaired) electrons. The second-order valence-electron chi connectivity index (χ2n) is 11.7. The number of aromatic nitrogens is 1. The molecule has 1 aromatic heterocycles. The molecule has 6 nitrogen and oxygen atoms in total. The first-order valence-electron chi connectivity index (χ1n) is 14.3. The summed E-state index contributed by atoms with van der Waals surface area (Å²) in [5, 5.41) is 0.723. The van der Waals surface area contributed by atoms with Crippen LogP contribution in [0.3, 0.4) is 0 Å². The molecule has 2 aliphatic rings. The zero-order chi connectivity index (χ0) is 29.8. The Morgan fingerprint density at radius 1 is 1.12 bits per heavy atom. The van der Waals surface area contributed by atoms with Gasteiger partial charge in [-0.1, -0.05) is 55.8 Å². The number of nitrogens with zero attached hydrogens (tertiary/aromatic N) is 4. The summed E-state index contributed by atoms with van der Waals surface area (Å²) in [6, 6.07) is 12.0. The molecular weight excluding hydrogens is 546 g/mol. The number of carbonyl (C=O) groups is 2. The molecule has 0 saturated carbocycles. The predicted octanol–water partition coefficient (Wildman–Crippen LogP) is 6.59. The molecule has 1 aromatic carbocycles. The van der Waals surface area contributed by atoms with Gasteiger partial charge in [-0.25, -0.2) is 4.98 Å². The molecule has 220 valence electrons. The number of piperazine rings is 1. The van der Waals surface area contributed by atoms with Gasteiger partial charge in [0.1, 0.15) is 17.1 Å². The van der Waals surface area contributed by atoms with Crippen LogP contribution in [0.25, 0.3) is 0 Å². The molecule has 0 N–H and O–H groups in total. The molecule has 2 aliphatic heterocycles. The fourth-order valence-electron chi connectivity index (χ4n) is 5.55. The summed E-state index contributed by atoms with van der Waals surface area (Å²) in [4.78, 5) is 39.3. The Labute approximate surface area is 246 Å². The first kappa shape index (κ1) is 30.8. The molecule has 1 fully saturated rings. The largest absolute Gasteiger partial charge is 0.333 e. The molecule has 0 bridgehead atoms. The lowest BCUT2D eigenvalue weighted by Crippen LogP contribution is -2.63. The van der Waals surface area contributed by atoms with E-state index >= 15 is 0 Å². The number of hydrogen-bond donors (Lipinski definition) is 0. The van der Waals surface area contributed by atoms with Gasteiger partial charge < -0.3 is 9.80 Å². The number of allylic oxidation sites excluding steroid dienone is 2. The first-order valence-corrected chi connectivity index (χ1v) is 14.7. The molecule has 2 unspecified atom stereocenters. The van der Waals surface area contributed by atoms with Crippen LogP contribution >= 0.6 is 11.6 Å². The lowest BCUT2D eigenvalue weighted by molar-refractivity contribution is -0.132. The van der Waals surface area contributed by atoms with Crippen LogP contribution in [-0.2, 0) is 17.1 Å². The van der Waals surface area contributed by atoms with E-state index in [2.05, 4.69) is 23.2 Å². The molecule has 4 rings (SSSR count). The molecule has 9 heteroatoms. The Bertz CT molecular complexity index is 1330. The number of alkyl halides is 2. The van der Waals surface area contributed by atoms with E-state index in [1.54, 1.807) is 9.80 Å². The number of benzene rings is 1. The van der Waals surface area contributed by atoms with Gasteiger partial charge in [-0.05, 0) is 68.9 Å². The highest BCUT2D eigenvalue weighted by Gasteiger charge is 2.41. The maximum Gasteiger partial charge on any atom is 0.289 e. The van der Waals surface area contributed by atoms with Gasteiger partial charge in [0.25, 0.3) is 17.7 Å². The quantitative estimate of drug-likeness (QED) is 0.360. The number of halogens is 3. The zero-order valence-electron chi connectivity index (χ0n) is 24.2. The third-order valence-electron chi connectivity index (χ3n) is 7.97. The van der Waals surface area contributed by atoms with Crippen molar-refractivity contribution in [2.45, 2.75) is 64.8 Å². The van der Waals surface area contributed by atoms with Gasteiger partial charge in [0, 0.05) is 43.5 Å². The summed E-state index contributed by atoms with van der Waals surface area (Å²) in [6.07, 6.45) is 6.38. The highest BCUT2D eigenvalue weighted by Crippen LogP contribution is 2.30. The van der Waals surface area contributed by atoms with Gasteiger partial charge in [-0.3, -0.25) is 14.6 Å². The van der Waals surface area contributed by atoms with Crippen molar-refractivity contribution in [1.29, 1.82) is 0 Å². The number of carbonyl (C=O) groups excluding carboxylic acids is 2. The summed E-state index contributed by atoms with van der Waals surface area (Å²) in [5.74, 6) is -3.37. The molecule has 0 aliphatic carbocycles. The van der Waals surface area contributed by atoms with Crippen LogP contribution in [0.15, 0.2) is 59.6 Å². The lowest BCUT2D eigenvalue weighted by Gasteiger charge is -2.47. The van der Waals surface area contributed by atoms with Crippen molar-refractivity contribution in [3.05, 3.63) is 76.6 Å². The summed E-state index contributed by atoms with van der Waals surface area (Å²) in [5.41, 5.74) is 0.633. The van der Waals surface area contributed by atoms with E-state index in [4.69, 9.17) is 16.6 Å². The Morgan fingerprint density at radius 3 is 2.59 bits per heavy atom. The fourth-order valence-corrected chi connectivity index (χ4v) is 5.76. The van der Waals surface area contributed by atoms with E-state index in [-0.39, 0.29) is 30.6 Å². The minimum atomic E-state index is -3.10. The van der Waals surface area contributed by atoms with Crippen LogP contribution in [0.5, 0.6) is 0 Å². The Hall–Kier alpha value is -3.13. The zero-order valence-corrected chi connectivity index (χ0v) is 25.0. The van der Waals surface area contributed by atoms with Gasteiger partial charge in [0.15, 0.2) is 0 Å².